The highest BCUT2D eigenvalue weighted by molar-refractivity contribution is 5.21. The normalized spacial score (nSPS) is 16.6. The third kappa shape index (κ3) is 2.59. The van der Waals surface area contributed by atoms with E-state index in [4.69, 9.17) is 9.72 Å². The fraction of sp³-hybridized carbons (Fsp3) is 0.786. The van der Waals surface area contributed by atoms with Gasteiger partial charge < -0.3 is 14.6 Å². The molecule has 0 saturated carbocycles. The zero-order valence-corrected chi connectivity index (χ0v) is 11.8. The van der Waals surface area contributed by atoms with Gasteiger partial charge in [0.05, 0.1) is 18.3 Å². The number of ether oxygens (including phenoxy) is 1. The molecule has 18 heavy (non-hydrogen) atoms. The Morgan fingerprint density at radius 1 is 1.44 bits per heavy atom. The maximum absolute atomic E-state index is 5.38. The van der Waals surface area contributed by atoms with Gasteiger partial charge in [0.2, 0.25) is 0 Å². The SMILES string of the molecule is CCCc1nc2c(n1C(CC)COC)CCNC2. The lowest BCUT2D eigenvalue weighted by atomic mass is 10.1. The Kier molecular flexibility index (Phi) is 4.78. The van der Waals surface area contributed by atoms with E-state index >= 15 is 0 Å². The first-order valence-electron chi connectivity index (χ1n) is 7.10. The minimum atomic E-state index is 0.436. The van der Waals surface area contributed by atoms with Gasteiger partial charge in [0.15, 0.2) is 0 Å². The molecule has 1 atom stereocenters. The van der Waals surface area contributed by atoms with Gasteiger partial charge in [-0.2, -0.15) is 0 Å². The Bertz CT molecular complexity index is 387. The first kappa shape index (κ1) is 13.6. The van der Waals surface area contributed by atoms with Gasteiger partial charge in [-0.3, -0.25) is 0 Å². The van der Waals surface area contributed by atoms with Crippen LogP contribution < -0.4 is 5.32 Å². The van der Waals surface area contributed by atoms with Crippen LogP contribution >= 0.6 is 0 Å². The lowest BCUT2D eigenvalue weighted by Gasteiger charge is -2.23. The summed E-state index contributed by atoms with van der Waals surface area (Å²) in [6.45, 7) is 7.21. The topological polar surface area (TPSA) is 39.1 Å². The average molecular weight is 251 g/mol. The molecular weight excluding hydrogens is 226 g/mol. The monoisotopic (exact) mass is 251 g/mol. The van der Waals surface area contributed by atoms with Crippen LogP contribution in [0, 0.1) is 0 Å². The van der Waals surface area contributed by atoms with E-state index in [9.17, 15) is 0 Å². The number of aromatic nitrogens is 2. The van der Waals surface area contributed by atoms with Crippen LogP contribution in [0.2, 0.25) is 0 Å². The zero-order valence-electron chi connectivity index (χ0n) is 11.8. The van der Waals surface area contributed by atoms with Gasteiger partial charge in [-0.15, -0.1) is 0 Å². The number of nitrogens with one attached hydrogen (secondary N) is 1. The molecular formula is C14H25N3O. The molecule has 0 fully saturated rings. The highest BCUT2D eigenvalue weighted by atomic mass is 16.5. The Hall–Kier alpha value is -0.870. The second-order valence-electron chi connectivity index (χ2n) is 4.99. The van der Waals surface area contributed by atoms with E-state index in [-0.39, 0.29) is 0 Å². The van der Waals surface area contributed by atoms with Crippen molar-refractivity contribution in [3.8, 4) is 0 Å². The number of rotatable bonds is 6. The van der Waals surface area contributed by atoms with Crippen LogP contribution in [0.4, 0.5) is 0 Å². The Morgan fingerprint density at radius 3 is 2.94 bits per heavy atom. The van der Waals surface area contributed by atoms with Gasteiger partial charge in [-0.1, -0.05) is 13.8 Å². The van der Waals surface area contributed by atoms with E-state index in [1.165, 1.54) is 17.2 Å². The summed E-state index contributed by atoms with van der Waals surface area (Å²) in [5.41, 5.74) is 2.68. The number of hydrogen-bond acceptors (Lipinski definition) is 3. The van der Waals surface area contributed by atoms with Crippen LogP contribution in [0.3, 0.4) is 0 Å². The fourth-order valence-corrected chi connectivity index (χ4v) is 2.79. The van der Waals surface area contributed by atoms with Crippen molar-refractivity contribution >= 4 is 0 Å². The number of fused-ring (bicyclic) bond motifs is 1. The van der Waals surface area contributed by atoms with Crippen LogP contribution in [0.15, 0.2) is 0 Å². The smallest absolute Gasteiger partial charge is 0.109 e. The molecule has 0 amide bonds. The lowest BCUT2D eigenvalue weighted by Crippen LogP contribution is -2.27. The molecule has 0 bridgehead atoms. The molecule has 1 aromatic rings. The van der Waals surface area contributed by atoms with Crippen LogP contribution in [-0.4, -0.2) is 29.8 Å². The first-order chi connectivity index (χ1) is 8.81. The van der Waals surface area contributed by atoms with Crippen molar-refractivity contribution in [2.75, 3.05) is 20.3 Å². The summed E-state index contributed by atoms with van der Waals surface area (Å²) in [4.78, 5) is 4.84. The van der Waals surface area contributed by atoms with Crippen molar-refractivity contribution in [3.63, 3.8) is 0 Å². The molecule has 1 aromatic heterocycles. The fourth-order valence-electron chi connectivity index (χ4n) is 2.79. The van der Waals surface area contributed by atoms with Gasteiger partial charge in [-0.05, 0) is 12.8 Å². The molecule has 1 aliphatic heterocycles. The third-order valence-electron chi connectivity index (χ3n) is 3.67. The first-order valence-corrected chi connectivity index (χ1v) is 7.10. The van der Waals surface area contributed by atoms with Gasteiger partial charge in [-0.25, -0.2) is 4.98 Å². The highest BCUT2D eigenvalue weighted by Gasteiger charge is 2.23. The molecule has 0 aliphatic carbocycles. The summed E-state index contributed by atoms with van der Waals surface area (Å²) >= 11 is 0. The number of nitrogens with zero attached hydrogens (tertiary/aromatic N) is 2. The van der Waals surface area contributed by atoms with E-state index < -0.39 is 0 Å². The van der Waals surface area contributed by atoms with Gasteiger partial charge in [0.25, 0.3) is 0 Å². The largest absolute Gasteiger partial charge is 0.383 e. The third-order valence-corrected chi connectivity index (χ3v) is 3.67. The van der Waals surface area contributed by atoms with E-state index in [0.717, 1.165) is 45.4 Å². The van der Waals surface area contributed by atoms with Crippen molar-refractivity contribution < 1.29 is 4.74 Å². The predicted octanol–water partition coefficient (Wildman–Crippen LogP) is 2.08. The molecule has 0 radical (unpaired) electrons. The summed E-state index contributed by atoms with van der Waals surface area (Å²) in [5, 5.41) is 3.41. The molecule has 0 aromatic carbocycles. The highest BCUT2D eigenvalue weighted by Crippen LogP contribution is 2.24. The van der Waals surface area contributed by atoms with Crippen molar-refractivity contribution in [1.29, 1.82) is 0 Å². The average Bonchev–Trinajstić information content (AvgIpc) is 2.74. The van der Waals surface area contributed by atoms with Crippen molar-refractivity contribution in [3.05, 3.63) is 17.2 Å². The van der Waals surface area contributed by atoms with E-state index in [1.54, 1.807) is 7.11 Å². The minimum Gasteiger partial charge on any atom is -0.383 e. The summed E-state index contributed by atoms with van der Waals surface area (Å²) < 4.78 is 7.84. The van der Waals surface area contributed by atoms with Crippen molar-refractivity contribution in [2.24, 2.45) is 0 Å². The van der Waals surface area contributed by atoms with Crippen LogP contribution in [-0.2, 0) is 24.1 Å². The summed E-state index contributed by atoms with van der Waals surface area (Å²) in [6.07, 6.45) is 4.40. The molecule has 2 rings (SSSR count). The molecule has 102 valence electrons. The molecule has 1 aliphatic rings. The van der Waals surface area contributed by atoms with Gasteiger partial charge in [0, 0.05) is 38.7 Å². The minimum absolute atomic E-state index is 0.436. The predicted molar refractivity (Wildman–Crippen MR) is 72.8 cm³/mol. The molecule has 0 spiro atoms. The molecule has 2 heterocycles. The lowest BCUT2D eigenvalue weighted by molar-refractivity contribution is 0.150. The number of methoxy groups -OCH3 is 1. The second-order valence-corrected chi connectivity index (χ2v) is 4.99. The Balaban J connectivity index is 2.37. The van der Waals surface area contributed by atoms with E-state index in [2.05, 4.69) is 23.7 Å². The Morgan fingerprint density at radius 2 is 2.28 bits per heavy atom. The van der Waals surface area contributed by atoms with Crippen LogP contribution in [0.25, 0.3) is 0 Å². The maximum atomic E-state index is 5.38. The van der Waals surface area contributed by atoms with Gasteiger partial charge in [0.1, 0.15) is 5.82 Å². The second kappa shape index (κ2) is 6.34. The standard InChI is InChI=1S/C14H25N3O/c1-4-6-14-16-12-9-15-8-7-13(12)17(14)11(5-2)10-18-3/h11,15H,4-10H2,1-3H3. The molecule has 0 saturated heterocycles. The number of aryl methyl sites for hydroxylation is 1. The maximum Gasteiger partial charge on any atom is 0.109 e. The molecule has 1 unspecified atom stereocenters. The van der Waals surface area contributed by atoms with Crippen LogP contribution in [0.1, 0.15) is 49.9 Å². The zero-order chi connectivity index (χ0) is 13.0. The summed E-state index contributed by atoms with van der Waals surface area (Å²) in [7, 11) is 1.78. The van der Waals surface area contributed by atoms with Crippen LogP contribution in [0.5, 0.6) is 0 Å². The molecule has 4 nitrogen and oxygen atoms in total. The van der Waals surface area contributed by atoms with Crippen molar-refractivity contribution in [1.82, 2.24) is 14.9 Å². The van der Waals surface area contributed by atoms with Gasteiger partial charge >= 0.3 is 0 Å². The summed E-state index contributed by atoms with van der Waals surface area (Å²) in [5.74, 6) is 1.25. The molecule has 4 heteroatoms. The Labute approximate surface area is 110 Å². The van der Waals surface area contributed by atoms with E-state index in [1.807, 2.05) is 0 Å². The quantitative estimate of drug-likeness (QED) is 0.841. The van der Waals surface area contributed by atoms with E-state index in [0.29, 0.717) is 6.04 Å². The number of hydrogen-bond donors (Lipinski definition) is 1. The van der Waals surface area contributed by atoms with Crippen molar-refractivity contribution in [2.45, 2.75) is 52.1 Å². The number of imidazole rings is 1. The summed E-state index contributed by atoms with van der Waals surface area (Å²) in [6, 6.07) is 0.436. The molecule has 1 N–H and O–H groups in total.